The van der Waals surface area contributed by atoms with Crippen molar-refractivity contribution in [3.05, 3.63) is 35.2 Å². The molecule has 2 heterocycles. The van der Waals surface area contributed by atoms with Gasteiger partial charge in [0.1, 0.15) is 12.4 Å². The highest BCUT2D eigenvalue weighted by Crippen LogP contribution is 2.28. The minimum atomic E-state index is -0.250. The number of likely N-dealkylation sites (tertiary alicyclic amines) is 1. The van der Waals surface area contributed by atoms with Gasteiger partial charge in [0, 0.05) is 13.1 Å². The van der Waals surface area contributed by atoms with Gasteiger partial charge >= 0.3 is 0 Å². The number of carbonyl (C=O) groups is 2. The first-order valence-corrected chi connectivity index (χ1v) is 11.4. The van der Waals surface area contributed by atoms with Gasteiger partial charge in [-0.1, -0.05) is 37.7 Å². The number of aryl methyl sites for hydroxylation is 1. The van der Waals surface area contributed by atoms with E-state index in [1.807, 2.05) is 13.0 Å². The topological polar surface area (TPSA) is 115 Å². The number of nitrogens with zero attached hydrogens (tertiary/aromatic N) is 4. The molecule has 3 rings (SSSR count). The molecule has 0 saturated carbocycles. The normalized spacial score (nSPS) is 13.6. The Balaban J connectivity index is 1.49. The summed E-state index contributed by atoms with van der Waals surface area (Å²) in [5, 5.41) is 11.2. The first-order valence-electron chi connectivity index (χ1n) is 10.4. The van der Waals surface area contributed by atoms with Crippen LogP contribution in [0.5, 0.6) is 5.75 Å². The molecule has 0 unspecified atom stereocenters. The Labute approximate surface area is 186 Å². The molecular weight excluding hydrogens is 416 g/mol. The monoisotopic (exact) mass is 446 g/mol. The summed E-state index contributed by atoms with van der Waals surface area (Å²) in [6.45, 7) is 7.97. The number of hydrogen-bond donors (Lipinski definition) is 2. The summed E-state index contributed by atoms with van der Waals surface area (Å²) in [4.78, 5) is 25.8. The number of benzene rings is 1. The van der Waals surface area contributed by atoms with Gasteiger partial charge in [-0.3, -0.25) is 9.59 Å². The molecular formula is C21H30N6O3S. The largest absolute Gasteiger partial charge is 0.485 e. The van der Waals surface area contributed by atoms with Gasteiger partial charge in [-0.05, 0) is 42.9 Å². The number of nitrogen functional groups attached to an aromatic ring is 1. The van der Waals surface area contributed by atoms with E-state index < -0.39 is 0 Å². The molecule has 1 saturated heterocycles. The molecule has 0 radical (unpaired) electrons. The van der Waals surface area contributed by atoms with Crippen LogP contribution in [0.1, 0.15) is 49.6 Å². The van der Waals surface area contributed by atoms with Gasteiger partial charge in [-0.25, -0.2) is 4.68 Å². The highest BCUT2D eigenvalue weighted by Gasteiger charge is 2.19. The van der Waals surface area contributed by atoms with Crippen LogP contribution >= 0.6 is 11.8 Å². The van der Waals surface area contributed by atoms with Crippen molar-refractivity contribution in [3.8, 4) is 5.75 Å². The second-order valence-corrected chi connectivity index (χ2v) is 8.85. The van der Waals surface area contributed by atoms with Gasteiger partial charge in [-0.15, -0.1) is 10.2 Å². The lowest BCUT2D eigenvalue weighted by atomic mass is 10.0. The first-order chi connectivity index (χ1) is 14.8. The number of rotatable bonds is 9. The maximum atomic E-state index is 12.1. The third-order valence-corrected chi connectivity index (χ3v) is 6.05. The van der Waals surface area contributed by atoms with E-state index in [4.69, 9.17) is 10.6 Å². The van der Waals surface area contributed by atoms with Gasteiger partial charge < -0.3 is 20.8 Å². The maximum Gasteiger partial charge on any atom is 0.241 e. The van der Waals surface area contributed by atoms with Crippen LogP contribution in [0.15, 0.2) is 23.4 Å². The number of aromatic nitrogens is 3. The Morgan fingerprint density at radius 2 is 2.00 bits per heavy atom. The van der Waals surface area contributed by atoms with Crippen LogP contribution in [-0.2, 0) is 16.2 Å². The zero-order valence-electron chi connectivity index (χ0n) is 18.3. The predicted molar refractivity (Wildman–Crippen MR) is 119 cm³/mol. The lowest BCUT2D eigenvalue weighted by Crippen LogP contribution is -2.39. The van der Waals surface area contributed by atoms with Crippen LogP contribution < -0.4 is 15.9 Å². The molecule has 0 atom stereocenters. The highest BCUT2D eigenvalue weighted by molar-refractivity contribution is 7.99. The van der Waals surface area contributed by atoms with Crippen LogP contribution in [0, 0.1) is 6.92 Å². The van der Waals surface area contributed by atoms with Crippen molar-refractivity contribution >= 4 is 23.6 Å². The summed E-state index contributed by atoms with van der Waals surface area (Å²) in [6.07, 6.45) is 2.05. The molecule has 1 aromatic heterocycles. The highest BCUT2D eigenvalue weighted by atomic mass is 32.2. The van der Waals surface area contributed by atoms with Gasteiger partial charge in [0.25, 0.3) is 0 Å². The van der Waals surface area contributed by atoms with Crippen LogP contribution in [0.2, 0.25) is 0 Å². The quantitative estimate of drug-likeness (QED) is 0.446. The van der Waals surface area contributed by atoms with Gasteiger partial charge in [0.2, 0.25) is 17.0 Å². The number of thioether (sulfide) groups is 1. The number of ether oxygens (including phenoxy) is 1. The second-order valence-electron chi connectivity index (χ2n) is 7.91. The number of nitrogens with one attached hydrogen (secondary N) is 1. The van der Waals surface area contributed by atoms with E-state index in [0.29, 0.717) is 16.9 Å². The molecule has 2 amide bonds. The summed E-state index contributed by atoms with van der Waals surface area (Å²) >= 11 is 1.16. The lowest BCUT2D eigenvalue weighted by molar-refractivity contribution is -0.131. The van der Waals surface area contributed by atoms with Crippen molar-refractivity contribution in [1.82, 2.24) is 25.1 Å². The molecule has 168 valence electrons. The van der Waals surface area contributed by atoms with E-state index in [1.165, 1.54) is 4.68 Å². The van der Waals surface area contributed by atoms with Crippen LogP contribution in [-0.4, -0.2) is 57.0 Å². The third kappa shape index (κ3) is 6.13. The average molecular weight is 447 g/mol. The summed E-state index contributed by atoms with van der Waals surface area (Å²) in [7, 11) is 0. The van der Waals surface area contributed by atoms with E-state index in [9.17, 15) is 9.59 Å². The van der Waals surface area contributed by atoms with Crippen LogP contribution in [0.3, 0.4) is 0 Å². The molecule has 0 spiro atoms. The van der Waals surface area contributed by atoms with E-state index >= 15 is 0 Å². The standard InChI is InChI=1S/C21H30N6O3S/c1-14(2)16-7-6-15(3)10-17(16)30-12-18-24-25-21(27(18)22)31-13-19(28)23-11-20(29)26-8-4-5-9-26/h6-7,10,14H,4-5,8-9,11-13,22H2,1-3H3,(H,23,28). The van der Waals surface area contributed by atoms with Crippen molar-refractivity contribution in [2.24, 2.45) is 0 Å². The Morgan fingerprint density at radius 3 is 2.71 bits per heavy atom. The molecule has 2 aromatic rings. The van der Waals surface area contributed by atoms with E-state index in [1.54, 1.807) is 4.90 Å². The molecule has 1 aromatic carbocycles. The SMILES string of the molecule is Cc1ccc(C(C)C)c(OCc2nnc(SCC(=O)NCC(=O)N3CCCC3)n2N)c1. The molecule has 0 aliphatic carbocycles. The molecule has 10 heteroatoms. The fourth-order valence-electron chi connectivity index (χ4n) is 3.32. The summed E-state index contributed by atoms with van der Waals surface area (Å²) in [5.41, 5.74) is 2.22. The van der Waals surface area contributed by atoms with Crippen LogP contribution in [0.25, 0.3) is 0 Å². The molecule has 9 nitrogen and oxygen atoms in total. The molecule has 31 heavy (non-hydrogen) atoms. The van der Waals surface area contributed by atoms with Crippen molar-refractivity contribution in [3.63, 3.8) is 0 Å². The first kappa shape index (κ1) is 22.9. The fourth-order valence-corrected chi connectivity index (χ4v) is 4.03. The number of amides is 2. The average Bonchev–Trinajstić information content (AvgIpc) is 3.39. The minimum Gasteiger partial charge on any atom is -0.485 e. The van der Waals surface area contributed by atoms with Crippen molar-refractivity contribution in [2.45, 2.75) is 51.3 Å². The Kier molecular flexibility index (Phi) is 7.78. The number of carbonyl (C=O) groups excluding carboxylic acids is 2. The zero-order valence-corrected chi connectivity index (χ0v) is 19.1. The Morgan fingerprint density at radius 1 is 1.26 bits per heavy atom. The number of hydrogen-bond acceptors (Lipinski definition) is 7. The van der Waals surface area contributed by atoms with Gasteiger partial charge in [-0.2, -0.15) is 0 Å². The van der Waals surface area contributed by atoms with E-state index in [0.717, 1.165) is 54.6 Å². The molecule has 0 bridgehead atoms. The summed E-state index contributed by atoms with van der Waals surface area (Å²) in [5.74, 6) is 7.47. The third-order valence-electron chi connectivity index (χ3n) is 5.11. The van der Waals surface area contributed by atoms with Crippen LogP contribution in [0.4, 0.5) is 0 Å². The van der Waals surface area contributed by atoms with Crippen molar-refractivity contribution < 1.29 is 14.3 Å². The van der Waals surface area contributed by atoms with Gasteiger partial charge in [0.05, 0.1) is 12.3 Å². The molecule has 1 fully saturated rings. The fraction of sp³-hybridized carbons (Fsp3) is 0.524. The van der Waals surface area contributed by atoms with E-state index in [-0.39, 0.29) is 30.7 Å². The number of nitrogens with two attached hydrogens (primary N) is 1. The molecule has 1 aliphatic heterocycles. The minimum absolute atomic E-state index is 0.0163. The maximum absolute atomic E-state index is 12.1. The molecule has 1 aliphatic rings. The smallest absolute Gasteiger partial charge is 0.241 e. The van der Waals surface area contributed by atoms with Crippen molar-refractivity contribution in [1.29, 1.82) is 0 Å². The van der Waals surface area contributed by atoms with Crippen molar-refractivity contribution in [2.75, 3.05) is 31.2 Å². The Hall–Kier alpha value is -2.75. The Bertz CT molecular complexity index is 924. The lowest BCUT2D eigenvalue weighted by Gasteiger charge is -2.15. The second kappa shape index (κ2) is 10.5. The van der Waals surface area contributed by atoms with Gasteiger partial charge in [0.15, 0.2) is 5.82 Å². The molecule has 3 N–H and O–H groups in total. The predicted octanol–water partition coefficient (Wildman–Crippen LogP) is 1.83. The summed E-state index contributed by atoms with van der Waals surface area (Å²) in [6, 6.07) is 6.12. The zero-order chi connectivity index (χ0) is 22.4. The summed E-state index contributed by atoms with van der Waals surface area (Å²) < 4.78 is 7.30. The van der Waals surface area contributed by atoms with E-state index in [2.05, 4.69) is 41.5 Å².